The van der Waals surface area contributed by atoms with Gasteiger partial charge in [0.2, 0.25) is 17.1 Å². The van der Waals surface area contributed by atoms with Gasteiger partial charge < -0.3 is 9.47 Å². The van der Waals surface area contributed by atoms with E-state index in [1.807, 2.05) is 12.1 Å². The van der Waals surface area contributed by atoms with Crippen molar-refractivity contribution in [1.82, 2.24) is 0 Å². The molecule has 3 rings (SSSR count). The summed E-state index contributed by atoms with van der Waals surface area (Å²) in [6.07, 6.45) is -0.827. The zero-order chi connectivity index (χ0) is 19.3. The number of hydrogen-bond donors (Lipinski definition) is 1. The molecule has 2 fully saturated rings. The van der Waals surface area contributed by atoms with Crippen LogP contribution in [-0.2, 0) is 9.47 Å². The third-order valence-corrected chi connectivity index (χ3v) is 6.22. The second-order valence-corrected chi connectivity index (χ2v) is 7.29. The molecule has 0 radical (unpaired) electrons. The molecule has 0 aromatic heterocycles. The van der Waals surface area contributed by atoms with Crippen LogP contribution in [0, 0.1) is 56.2 Å². The van der Waals surface area contributed by atoms with Crippen LogP contribution in [0.1, 0.15) is 31.9 Å². The minimum absolute atomic E-state index is 0.131. The SMILES string of the molecule is CCC1C2(C)OC(=N)C1(C#N)C(C#N)(C#N)C(c1cccc(Cl)c1Cl)O2. The molecule has 0 aliphatic carbocycles. The van der Waals surface area contributed by atoms with Crippen LogP contribution in [-0.4, -0.2) is 11.7 Å². The van der Waals surface area contributed by atoms with Crippen molar-refractivity contribution in [3.63, 3.8) is 0 Å². The molecule has 4 unspecified atom stereocenters. The van der Waals surface area contributed by atoms with Gasteiger partial charge in [-0.05, 0) is 12.5 Å². The van der Waals surface area contributed by atoms with Gasteiger partial charge in [0.05, 0.1) is 34.2 Å². The lowest BCUT2D eigenvalue weighted by atomic mass is 9.53. The first kappa shape index (κ1) is 18.5. The van der Waals surface area contributed by atoms with Crippen LogP contribution in [0.15, 0.2) is 18.2 Å². The molecule has 6 nitrogen and oxygen atoms in total. The Morgan fingerprint density at radius 2 is 1.85 bits per heavy atom. The molecule has 1 aromatic carbocycles. The van der Waals surface area contributed by atoms with Gasteiger partial charge in [-0.3, -0.25) is 5.41 Å². The molecule has 0 spiro atoms. The first-order valence-electron chi connectivity index (χ1n) is 7.91. The number of nitrogens with zero attached hydrogens (tertiary/aromatic N) is 3. The van der Waals surface area contributed by atoms with Crippen LogP contribution < -0.4 is 0 Å². The highest BCUT2D eigenvalue weighted by atomic mass is 35.5. The van der Waals surface area contributed by atoms with E-state index in [2.05, 4.69) is 6.07 Å². The molecular weight excluding hydrogens is 375 g/mol. The van der Waals surface area contributed by atoms with Crippen LogP contribution in [0.2, 0.25) is 10.0 Å². The highest BCUT2D eigenvalue weighted by Gasteiger charge is 2.79. The molecule has 2 saturated heterocycles. The lowest BCUT2D eigenvalue weighted by molar-refractivity contribution is -0.273. The van der Waals surface area contributed by atoms with Crippen molar-refractivity contribution in [2.75, 3.05) is 0 Å². The minimum atomic E-state index is -2.02. The van der Waals surface area contributed by atoms with Gasteiger partial charge in [-0.25, -0.2) is 0 Å². The number of nitrogens with one attached hydrogen (secondary N) is 1. The van der Waals surface area contributed by atoms with Crippen molar-refractivity contribution in [3.05, 3.63) is 33.8 Å². The summed E-state index contributed by atoms with van der Waals surface area (Å²) in [4.78, 5) is 0. The predicted molar refractivity (Wildman–Crippen MR) is 93.0 cm³/mol. The van der Waals surface area contributed by atoms with Crippen LogP contribution in [0.5, 0.6) is 0 Å². The quantitative estimate of drug-likeness (QED) is 0.807. The summed E-state index contributed by atoms with van der Waals surface area (Å²) in [5, 5.41) is 38.8. The van der Waals surface area contributed by atoms with Gasteiger partial charge in [0.1, 0.15) is 6.10 Å². The topological polar surface area (TPSA) is 114 Å². The van der Waals surface area contributed by atoms with Crippen molar-refractivity contribution < 1.29 is 9.47 Å². The standard InChI is InChI=1S/C18H14Cl2N4O2/c1-3-12-16(2)25-14(10-5-4-6-11(19)13(10)20)17(7-21,8-22)18(12,9-23)15(24)26-16/h4-6,12,14,24H,3H2,1-2H3. The fraction of sp³-hybridized carbons (Fsp3) is 0.444. The van der Waals surface area contributed by atoms with Gasteiger partial charge in [0, 0.05) is 12.5 Å². The first-order valence-corrected chi connectivity index (χ1v) is 8.67. The summed E-state index contributed by atoms with van der Waals surface area (Å²) in [7, 11) is 0. The molecular formula is C18H14Cl2N4O2. The fourth-order valence-electron chi connectivity index (χ4n) is 4.23. The van der Waals surface area contributed by atoms with E-state index in [9.17, 15) is 15.8 Å². The average Bonchev–Trinajstić information content (AvgIpc) is 2.80. The molecule has 2 bridgehead atoms. The van der Waals surface area contributed by atoms with E-state index in [1.165, 1.54) is 0 Å². The summed E-state index contributed by atoms with van der Waals surface area (Å²) < 4.78 is 11.7. The predicted octanol–water partition coefficient (Wildman–Crippen LogP) is 4.36. The summed E-state index contributed by atoms with van der Waals surface area (Å²) in [6, 6.07) is 10.8. The van der Waals surface area contributed by atoms with Crippen molar-refractivity contribution in [2.45, 2.75) is 32.2 Å². The van der Waals surface area contributed by atoms with E-state index < -0.39 is 34.5 Å². The number of nitriles is 3. The molecule has 0 saturated carbocycles. The van der Waals surface area contributed by atoms with Gasteiger partial charge in [-0.1, -0.05) is 42.3 Å². The van der Waals surface area contributed by atoms with Crippen LogP contribution >= 0.6 is 23.2 Å². The maximum absolute atomic E-state index is 10.1. The third-order valence-electron chi connectivity index (χ3n) is 5.39. The molecule has 2 aliphatic heterocycles. The zero-order valence-corrected chi connectivity index (χ0v) is 15.5. The first-order chi connectivity index (χ1) is 12.3. The van der Waals surface area contributed by atoms with Crippen molar-refractivity contribution in [1.29, 1.82) is 21.2 Å². The summed E-state index contributed by atoms with van der Waals surface area (Å²) in [6.45, 7) is 3.41. The fourth-order valence-corrected chi connectivity index (χ4v) is 4.63. The van der Waals surface area contributed by atoms with E-state index >= 15 is 0 Å². The normalized spacial score (nSPS) is 34.3. The Hall–Kier alpha value is -2.30. The Bertz CT molecular complexity index is 915. The van der Waals surface area contributed by atoms with E-state index in [0.717, 1.165) is 0 Å². The third kappa shape index (κ3) is 1.91. The Labute approximate surface area is 160 Å². The van der Waals surface area contributed by atoms with Crippen LogP contribution in [0.25, 0.3) is 0 Å². The molecule has 1 N–H and O–H groups in total. The van der Waals surface area contributed by atoms with Gasteiger partial charge >= 0.3 is 0 Å². The van der Waals surface area contributed by atoms with Crippen LogP contribution in [0.3, 0.4) is 0 Å². The van der Waals surface area contributed by atoms with E-state index in [1.54, 1.807) is 32.0 Å². The van der Waals surface area contributed by atoms with Crippen molar-refractivity contribution >= 4 is 29.1 Å². The highest BCUT2D eigenvalue weighted by molar-refractivity contribution is 6.42. The Morgan fingerprint density at radius 1 is 1.19 bits per heavy atom. The summed E-state index contributed by atoms with van der Waals surface area (Å²) in [5.41, 5.74) is -3.50. The van der Waals surface area contributed by atoms with E-state index in [4.69, 9.17) is 38.1 Å². The largest absolute Gasteiger partial charge is 0.448 e. The minimum Gasteiger partial charge on any atom is -0.448 e. The smallest absolute Gasteiger partial charge is 0.214 e. The van der Waals surface area contributed by atoms with Gasteiger partial charge in [0.15, 0.2) is 5.41 Å². The number of benzene rings is 1. The maximum Gasteiger partial charge on any atom is 0.214 e. The number of rotatable bonds is 2. The Kier molecular flexibility index (Phi) is 4.17. The molecule has 8 heteroatoms. The average molecular weight is 389 g/mol. The lowest BCUT2D eigenvalue weighted by Gasteiger charge is -2.48. The highest BCUT2D eigenvalue weighted by Crippen LogP contribution is 2.67. The molecule has 4 atom stereocenters. The molecule has 1 aromatic rings. The second kappa shape index (κ2) is 5.86. The number of halogens is 2. The Balaban J connectivity index is 2.38. The van der Waals surface area contributed by atoms with Crippen molar-refractivity contribution in [3.8, 4) is 18.2 Å². The second-order valence-electron chi connectivity index (χ2n) is 6.50. The van der Waals surface area contributed by atoms with E-state index in [-0.39, 0.29) is 10.0 Å². The maximum atomic E-state index is 10.1. The summed E-state index contributed by atoms with van der Waals surface area (Å²) >= 11 is 12.4. The number of fused-ring (bicyclic) bond motifs is 2. The monoisotopic (exact) mass is 388 g/mol. The van der Waals surface area contributed by atoms with E-state index in [0.29, 0.717) is 12.0 Å². The summed E-state index contributed by atoms with van der Waals surface area (Å²) in [5.74, 6) is -2.44. The van der Waals surface area contributed by atoms with Gasteiger partial charge in [0.25, 0.3) is 0 Å². The molecule has 2 heterocycles. The molecule has 26 heavy (non-hydrogen) atoms. The van der Waals surface area contributed by atoms with Crippen molar-refractivity contribution in [2.24, 2.45) is 16.7 Å². The zero-order valence-electron chi connectivity index (χ0n) is 14.0. The number of hydrogen-bond acceptors (Lipinski definition) is 6. The lowest BCUT2D eigenvalue weighted by Crippen LogP contribution is -2.58. The van der Waals surface area contributed by atoms with Crippen LogP contribution in [0.4, 0.5) is 0 Å². The molecule has 2 aliphatic rings. The number of ether oxygens (including phenoxy) is 2. The molecule has 0 amide bonds. The Morgan fingerprint density at radius 3 is 2.38 bits per heavy atom. The van der Waals surface area contributed by atoms with Gasteiger partial charge in [-0.2, -0.15) is 15.8 Å². The van der Waals surface area contributed by atoms with Gasteiger partial charge in [-0.15, -0.1) is 0 Å². The molecule has 132 valence electrons.